The minimum absolute atomic E-state index is 0.277. The minimum atomic E-state index is -0.277. The summed E-state index contributed by atoms with van der Waals surface area (Å²) in [5.41, 5.74) is 8.26. The molecule has 14 heavy (non-hydrogen) atoms. The zero-order chi connectivity index (χ0) is 10.3. The molecule has 1 aromatic heterocycles. The summed E-state index contributed by atoms with van der Waals surface area (Å²) in [5.74, 6) is -0.277. The number of pyridine rings is 1. The van der Waals surface area contributed by atoms with Crippen LogP contribution in [0.1, 0.15) is 11.3 Å². The van der Waals surface area contributed by atoms with Crippen LogP contribution >= 0.6 is 0 Å². The van der Waals surface area contributed by atoms with Crippen molar-refractivity contribution in [3.63, 3.8) is 0 Å². The van der Waals surface area contributed by atoms with Crippen molar-refractivity contribution in [2.45, 2.75) is 13.8 Å². The average Bonchev–Trinajstić information content (AvgIpc) is 2.16. The third-order valence-electron chi connectivity index (χ3n) is 2.37. The van der Waals surface area contributed by atoms with E-state index in [0.717, 1.165) is 11.1 Å². The molecular weight excluding hydrogens is 179 g/mol. The van der Waals surface area contributed by atoms with Gasteiger partial charge in [0, 0.05) is 16.6 Å². The van der Waals surface area contributed by atoms with Gasteiger partial charge in [-0.25, -0.2) is 4.39 Å². The molecule has 0 saturated carbocycles. The van der Waals surface area contributed by atoms with Crippen LogP contribution in [0.3, 0.4) is 0 Å². The summed E-state index contributed by atoms with van der Waals surface area (Å²) in [6, 6.07) is 5.14. The van der Waals surface area contributed by atoms with Gasteiger partial charge in [0.2, 0.25) is 0 Å². The summed E-state index contributed by atoms with van der Waals surface area (Å²) >= 11 is 0. The zero-order valence-corrected chi connectivity index (χ0v) is 8.13. The van der Waals surface area contributed by atoms with E-state index in [4.69, 9.17) is 5.73 Å². The van der Waals surface area contributed by atoms with Crippen LogP contribution in [0.5, 0.6) is 0 Å². The Labute approximate surface area is 81.6 Å². The molecule has 0 bridgehead atoms. The fourth-order valence-corrected chi connectivity index (χ4v) is 1.45. The summed E-state index contributed by atoms with van der Waals surface area (Å²) in [7, 11) is 0. The van der Waals surface area contributed by atoms with Crippen LogP contribution < -0.4 is 5.73 Å². The van der Waals surface area contributed by atoms with Gasteiger partial charge in [-0.2, -0.15) is 0 Å². The van der Waals surface area contributed by atoms with Crippen molar-refractivity contribution < 1.29 is 4.39 Å². The number of anilines is 1. The monoisotopic (exact) mass is 190 g/mol. The molecule has 72 valence electrons. The van der Waals surface area contributed by atoms with Gasteiger partial charge in [0.05, 0.1) is 11.2 Å². The largest absolute Gasteiger partial charge is 0.397 e. The van der Waals surface area contributed by atoms with Crippen LogP contribution in [0.25, 0.3) is 10.9 Å². The summed E-state index contributed by atoms with van der Waals surface area (Å²) < 4.78 is 13.3. The van der Waals surface area contributed by atoms with Crippen molar-refractivity contribution in [2.24, 2.45) is 0 Å². The second-order valence-corrected chi connectivity index (χ2v) is 3.42. The molecule has 0 atom stereocenters. The van der Waals surface area contributed by atoms with E-state index in [9.17, 15) is 4.39 Å². The van der Waals surface area contributed by atoms with Crippen molar-refractivity contribution in [1.82, 2.24) is 4.98 Å². The second kappa shape index (κ2) is 2.94. The van der Waals surface area contributed by atoms with E-state index in [0.29, 0.717) is 16.8 Å². The first kappa shape index (κ1) is 8.94. The molecule has 1 heterocycles. The number of rotatable bonds is 0. The molecule has 0 spiro atoms. The molecule has 2 nitrogen and oxygen atoms in total. The number of aryl methyl sites for hydroxylation is 1. The maximum Gasteiger partial charge on any atom is 0.128 e. The maximum absolute atomic E-state index is 13.3. The molecule has 0 fully saturated rings. The highest BCUT2D eigenvalue weighted by molar-refractivity contribution is 5.91. The van der Waals surface area contributed by atoms with Crippen LogP contribution in [0, 0.1) is 19.7 Å². The Hall–Kier alpha value is -1.64. The van der Waals surface area contributed by atoms with Crippen LogP contribution in [0.4, 0.5) is 10.1 Å². The number of aromatic nitrogens is 1. The van der Waals surface area contributed by atoms with Gasteiger partial charge in [0.1, 0.15) is 5.82 Å². The highest BCUT2D eigenvalue weighted by Gasteiger charge is 2.07. The quantitative estimate of drug-likeness (QED) is 0.648. The summed E-state index contributed by atoms with van der Waals surface area (Å²) in [6.07, 6.45) is 0. The van der Waals surface area contributed by atoms with Gasteiger partial charge >= 0.3 is 0 Å². The highest BCUT2D eigenvalue weighted by atomic mass is 19.1. The Balaban J connectivity index is 2.92. The zero-order valence-electron chi connectivity index (χ0n) is 8.13. The standard InChI is InChI=1S/C11H11FN2/c1-6-3-4-8-5-9(12)7(2)10(13)11(8)14-6/h3-5H,13H2,1-2H3. The van der Waals surface area contributed by atoms with Gasteiger partial charge in [-0.1, -0.05) is 6.07 Å². The normalized spacial score (nSPS) is 10.8. The molecule has 2 aromatic rings. The number of nitrogens with zero attached hydrogens (tertiary/aromatic N) is 1. The second-order valence-electron chi connectivity index (χ2n) is 3.42. The van der Waals surface area contributed by atoms with E-state index in [1.807, 2.05) is 19.1 Å². The van der Waals surface area contributed by atoms with Gasteiger partial charge in [-0.3, -0.25) is 4.98 Å². The number of benzene rings is 1. The van der Waals surface area contributed by atoms with E-state index >= 15 is 0 Å². The first-order chi connectivity index (χ1) is 6.59. The molecule has 2 N–H and O–H groups in total. The van der Waals surface area contributed by atoms with Crippen molar-refractivity contribution in [1.29, 1.82) is 0 Å². The van der Waals surface area contributed by atoms with Crippen LogP contribution in [0.15, 0.2) is 18.2 Å². The number of halogens is 1. The molecule has 0 saturated heterocycles. The predicted octanol–water partition coefficient (Wildman–Crippen LogP) is 2.57. The van der Waals surface area contributed by atoms with E-state index < -0.39 is 0 Å². The molecule has 0 aliphatic rings. The Kier molecular flexibility index (Phi) is 1.88. The van der Waals surface area contributed by atoms with Crippen LogP contribution in [0.2, 0.25) is 0 Å². The fourth-order valence-electron chi connectivity index (χ4n) is 1.45. The molecule has 3 heteroatoms. The third kappa shape index (κ3) is 1.21. The lowest BCUT2D eigenvalue weighted by molar-refractivity contribution is 0.621. The van der Waals surface area contributed by atoms with Gasteiger partial charge in [0.15, 0.2) is 0 Å². The van der Waals surface area contributed by atoms with Crippen molar-refractivity contribution in [3.05, 3.63) is 35.3 Å². The Bertz CT molecular complexity index is 506. The lowest BCUT2D eigenvalue weighted by atomic mass is 10.1. The molecule has 1 aromatic carbocycles. The minimum Gasteiger partial charge on any atom is -0.397 e. The van der Waals surface area contributed by atoms with E-state index in [-0.39, 0.29) is 5.82 Å². The maximum atomic E-state index is 13.3. The molecule has 0 radical (unpaired) electrons. The third-order valence-corrected chi connectivity index (χ3v) is 2.37. The molecular formula is C11H11FN2. The predicted molar refractivity (Wildman–Crippen MR) is 55.6 cm³/mol. The highest BCUT2D eigenvalue weighted by Crippen LogP contribution is 2.25. The number of hydrogen-bond acceptors (Lipinski definition) is 2. The van der Waals surface area contributed by atoms with Gasteiger partial charge in [-0.15, -0.1) is 0 Å². The average molecular weight is 190 g/mol. The lowest BCUT2D eigenvalue weighted by Gasteiger charge is -2.06. The number of nitrogens with two attached hydrogens (primary N) is 1. The molecule has 0 aliphatic carbocycles. The SMILES string of the molecule is Cc1ccc2cc(F)c(C)c(N)c2n1. The first-order valence-corrected chi connectivity index (χ1v) is 4.41. The number of hydrogen-bond donors (Lipinski definition) is 1. The van der Waals surface area contributed by atoms with Crippen molar-refractivity contribution in [3.8, 4) is 0 Å². The van der Waals surface area contributed by atoms with E-state index in [1.54, 1.807) is 6.92 Å². The number of fused-ring (bicyclic) bond motifs is 1. The Morgan fingerprint density at radius 3 is 2.71 bits per heavy atom. The Morgan fingerprint density at radius 2 is 2.00 bits per heavy atom. The van der Waals surface area contributed by atoms with Gasteiger partial charge in [0.25, 0.3) is 0 Å². The molecule has 0 unspecified atom stereocenters. The van der Waals surface area contributed by atoms with Gasteiger partial charge in [-0.05, 0) is 26.0 Å². The van der Waals surface area contributed by atoms with E-state index in [1.165, 1.54) is 6.07 Å². The summed E-state index contributed by atoms with van der Waals surface area (Å²) in [4.78, 5) is 4.29. The lowest BCUT2D eigenvalue weighted by Crippen LogP contribution is -1.97. The molecule has 0 aliphatic heterocycles. The topological polar surface area (TPSA) is 38.9 Å². The van der Waals surface area contributed by atoms with Crippen LogP contribution in [-0.2, 0) is 0 Å². The first-order valence-electron chi connectivity index (χ1n) is 4.41. The molecule has 0 amide bonds. The van der Waals surface area contributed by atoms with Crippen molar-refractivity contribution in [2.75, 3.05) is 5.73 Å². The van der Waals surface area contributed by atoms with Gasteiger partial charge < -0.3 is 5.73 Å². The summed E-state index contributed by atoms with van der Waals surface area (Å²) in [6.45, 7) is 3.55. The van der Waals surface area contributed by atoms with Crippen LogP contribution in [-0.4, -0.2) is 4.98 Å². The summed E-state index contributed by atoms with van der Waals surface area (Å²) in [5, 5.41) is 0.746. The van der Waals surface area contributed by atoms with E-state index in [2.05, 4.69) is 4.98 Å². The van der Waals surface area contributed by atoms with Crippen molar-refractivity contribution >= 4 is 16.6 Å². The smallest absolute Gasteiger partial charge is 0.128 e. The molecule has 2 rings (SSSR count). The number of nitrogen functional groups attached to an aromatic ring is 1. The fraction of sp³-hybridized carbons (Fsp3) is 0.182. The Morgan fingerprint density at radius 1 is 1.29 bits per heavy atom.